The number of amides is 1. The summed E-state index contributed by atoms with van der Waals surface area (Å²) in [5.74, 6) is 0.0573. The Bertz CT molecular complexity index is 518. The molecule has 1 aromatic carbocycles. The largest absolute Gasteiger partial charge is 0.504 e. The van der Waals surface area contributed by atoms with Crippen LogP contribution in [0.25, 0.3) is 0 Å². The number of hydrogen-bond acceptors (Lipinski definition) is 4. The first kappa shape index (κ1) is 18.3. The minimum Gasteiger partial charge on any atom is -0.504 e. The summed E-state index contributed by atoms with van der Waals surface area (Å²) in [6, 6.07) is 3.04. The quantitative estimate of drug-likeness (QED) is 0.411. The highest BCUT2D eigenvalue weighted by molar-refractivity contribution is 6.31. The number of carbonyl (C=O) groups is 1. The average molecular weight is 327 g/mol. The maximum atomic E-state index is 11.6. The SMILES string of the molecule is CCCCCCCC(=O)N/N=C\c1cc(Cl)cc(OC)c1O. The number of carbonyl (C=O) groups excluding carboxylic acids is 1. The Kier molecular flexibility index (Phi) is 8.36. The Morgan fingerprint density at radius 1 is 1.36 bits per heavy atom. The summed E-state index contributed by atoms with van der Waals surface area (Å²) in [6.45, 7) is 2.15. The number of ether oxygens (including phenoxy) is 1. The molecule has 122 valence electrons. The number of phenolic OH excluding ortho intramolecular Hbond substituents is 1. The second-order valence-electron chi connectivity index (χ2n) is 5.00. The third-order valence-electron chi connectivity index (χ3n) is 3.19. The molecule has 0 saturated heterocycles. The molecule has 0 atom stereocenters. The van der Waals surface area contributed by atoms with Gasteiger partial charge >= 0.3 is 0 Å². The molecule has 0 aliphatic carbocycles. The molecule has 1 aromatic rings. The van der Waals surface area contributed by atoms with Crippen LogP contribution in [0.15, 0.2) is 17.2 Å². The van der Waals surface area contributed by atoms with Crippen LogP contribution in [-0.2, 0) is 4.79 Å². The fourth-order valence-corrected chi connectivity index (χ4v) is 2.18. The Morgan fingerprint density at radius 2 is 2.09 bits per heavy atom. The van der Waals surface area contributed by atoms with E-state index in [4.69, 9.17) is 16.3 Å². The van der Waals surface area contributed by atoms with Crippen molar-refractivity contribution >= 4 is 23.7 Å². The number of methoxy groups -OCH3 is 1. The van der Waals surface area contributed by atoms with Crippen molar-refractivity contribution in [3.05, 3.63) is 22.7 Å². The number of aromatic hydroxyl groups is 1. The van der Waals surface area contributed by atoms with Crippen molar-refractivity contribution in [2.24, 2.45) is 5.10 Å². The minimum atomic E-state index is -0.138. The van der Waals surface area contributed by atoms with Gasteiger partial charge in [0.25, 0.3) is 0 Å². The van der Waals surface area contributed by atoms with Crippen LogP contribution in [0.3, 0.4) is 0 Å². The fraction of sp³-hybridized carbons (Fsp3) is 0.500. The van der Waals surface area contributed by atoms with Gasteiger partial charge in [0, 0.05) is 23.1 Å². The van der Waals surface area contributed by atoms with Gasteiger partial charge in [0.1, 0.15) is 0 Å². The Labute approximate surface area is 136 Å². The van der Waals surface area contributed by atoms with Crippen LogP contribution in [0.4, 0.5) is 0 Å². The van der Waals surface area contributed by atoms with E-state index in [9.17, 15) is 9.90 Å². The van der Waals surface area contributed by atoms with Crippen LogP contribution in [0, 0.1) is 0 Å². The third-order valence-corrected chi connectivity index (χ3v) is 3.41. The second kappa shape index (κ2) is 10.1. The van der Waals surface area contributed by atoms with Gasteiger partial charge in [0.15, 0.2) is 11.5 Å². The second-order valence-corrected chi connectivity index (χ2v) is 5.44. The molecular formula is C16H23ClN2O3. The van der Waals surface area contributed by atoms with Crippen molar-refractivity contribution in [1.82, 2.24) is 5.43 Å². The van der Waals surface area contributed by atoms with E-state index in [0.29, 0.717) is 17.0 Å². The first-order valence-corrected chi connectivity index (χ1v) is 7.84. The average Bonchev–Trinajstić information content (AvgIpc) is 2.50. The molecule has 6 heteroatoms. The number of unbranched alkanes of at least 4 members (excludes halogenated alkanes) is 4. The lowest BCUT2D eigenvalue weighted by Gasteiger charge is -2.06. The predicted octanol–water partition coefficient (Wildman–Crippen LogP) is 3.86. The maximum absolute atomic E-state index is 11.6. The molecule has 0 radical (unpaired) electrons. The van der Waals surface area contributed by atoms with Crippen molar-refractivity contribution in [3.63, 3.8) is 0 Å². The van der Waals surface area contributed by atoms with E-state index >= 15 is 0 Å². The van der Waals surface area contributed by atoms with Crippen LogP contribution in [0.5, 0.6) is 11.5 Å². The van der Waals surface area contributed by atoms with Crippen LogP contribution < -0.4 is 10.2 Å². The third kappa shape index (κ3) is 6.35. The summed E-state index contributed by atoms with van der Waals surface area (Å²) in [6.07, 6.45) is 7.25. The zero-order valence-corrected chi connectivity index (χ0v) is 13.8. The van der Waals surface area contributed by atoms with Gasteiger partial charge in [-0.2, -0.15) is 5.10 Å². The van der Waals surface area contributed by atoms with Crippen molar-refractivity contribution < 1.29 is 14.6 Å². The van der Waals surface area contributed by atoms with Gasteiger partial charge < -0.3 is 9.84 Å². The number of rotatable bonds is 9. The molecule has 0 fully saturated rings. The molecule has 1 amide bonds. The lowest BCUT2D eigenvalue weighted by molar-refractivity contribution is -0.121. The summed E-state index contributed by atoms with van der Waals surface area (Å²) in [5, 5.41) is 14.2. The topological polar surface area (TPSA) is 70.9 Å². The molecule has 0 bridgehead atoms. The number of nitrogens with zero attached hydrogens (tertiary/aromatic N) is 1. The standard InChI is InChI=1S/C16H23ClN2O3/c1-3-4-5-6-7-8-15(20)19-18-11-12-9-13(17)10-14(22-2)16(12)21/h9-11,21H,3-8H2,1-2H3,(H,19,20)/b18-11-. The fourth-order valence-electron chi connectivity index (χ4n) is 1.97. The molecule has 2 N–H and O–H groups in total. The Morgan fingerprint density at radius 3 is 2.77 bits per heavy atom. The van der Waals surface area contributed by atoms with Gasteiger partial charge in [0.05, 0.1) is 13.3 Å². The van der Waals surface area contributed by atoms with E-state index < -0.39 is 0 Å². The molecule has 0 unspecified atom stereocenters. The Balaban J connectivity index is 2.45. The number of hydrazone groups is 1. The molecule has 0 saturated carbocycles. The van der Waals surface area contributed by atoms with Gasteiger partial charge in [-0.3, -0.25) is 4.79 Å². The summed E-state index contributed by atoms with van der Waals surface area (Å²) in [7, 11) is 1.44. The summed E-state index contributed by atoms with van der Waals surface area (Å²) < 4.78 is 5.00. The van der Waals surface area contributed by atoms with Gasteiger partial charge in [-0.15, -0.1) is 0 Å². The van der Waals surface area contributed by atoms with Crippen molar-refractivity contribution in [1.29, 1.82) is 0 Å². The zero-order chi connectivity index (χ0) is 16.4. The van der Waals surface area contributed by atoms with E-state index in [1.165, 1.54) is 32.2 Å². The minimum absolute atomic E-state index is 0.0653. The molecule has 1 rings (SSSR count). The van der Waals surface area contributed by atoms with Crippen LogP contribution in [0.2, 0.25) is 5.02 Å². The lowest BCUT2D eigenvalue weighted by Crippen LogP contribution is -2.16. The predicted molar refractivity (Wildman–Crippen MR) is 88.8 cm³/mol. The Hall–Kier alpha value is -1.75. The molecule has 22 heavy (non-hydrogen) atoms. The number of phenols is 1. The molecule has 0 aliphatic heterocycles. The van der Waals surface area contributed by atoms with Gasteiger partial charge in [-0.25, -0.2) is 5.43 Å². The van der Waals surface area contributed by atoms with Gasteiger partial charge in [-0.05, 0) is 12.5 Å². The lowest BCUT2D eigenvalue weighted by atomic mass is 10.1. The van der Waals surface area contributed by atoms with Crippen molar-refractivity contribution in [3.8, 4) is 11.5 Å². The number of halogens is 1. The first-order valence-electron chi connectivity index (χ1n) is 7.46. The monoisotopic (exact) mass is 326 g/mol. The van der Waals surface area contributed by atoms with E-state index in [-0.39, 0.29) is 17.4 Å². The molecule has 0 aromatic heterocycles. The van der Waals surface area contributed by atoms with E-state index in [1.807, 2.05) is 0 Å². The molecule has 5 nitrogen and oxygen atoms in total. The number of benzene rings is 1. The van der Waals surface area contributed by atoms with E-state index in [0.717, 1.165) is 19.3 Å². The van der Waals surface area contributed by atoms with Crippen LogP contribution in [0.1, 0.15) is 51.0 Å². The normalized spacial score (nSPS) is 10.9. The van der Waals surface area contributed by atoms with Crippen LogP contribution >= 0.6 is 11.6 Å². The van der Waals surface area contributed by atoms with E-state index in [2.05, 4.69) is 17.5 Å². The molecule has 0 heterocycles. The van der Waals surface area contributed by atoms with Crippen molar-refractivity contribution in [2.45, 2.75) is 45.4 Å². The summed E-state index contributed by atoms with van der Waals surface area (Å²) in [5.41, 5.74) is 2.82. The highest BCUT2D eigenvalue weighted by Crippen LogP contribution is 2.32. The summed E-state index contributed by atoms with van der Waals surface area (Å²) in [4.78, 5) is 11.6. The zero-order valence-electron chi connectivity index (χ0n) is 13.1. The number of hydrogen-bond donors (Lipinski definition) is 2. The van der Waals surface area contributed by atoms with Crippen LogP contribution in [-0.4, -0.2) is 24.3 Å². The first-order chi connectivity index (χ1) is 10.6. The van der Waals surface area contributed by atoms with Gasteiger partial charge in [-0.1, -0.05) is 44.2 Å². The highest BCUT2D eigenvalue weighted by atomic mass is 35.5. The summed E-state index contributed by atoms with van der Waals surface area (Å²) >= 11 is 5.91. The van der Waals surface area contributed by atoms with E-state index in [1.54, 1.807) is 6.07 Å². The molecule has 0 spiro atoms. The molecule has 0 aliphatic rings. The maximum Gasteiger partial charge on any atom is 0.240 e. The number of nitrogens with one attached hydrogen (secondary N) is 1. The van der Waals surface area contributed by atoms with Gasteiger partial charge in [0.2, 0.25) is 5.91 Å². The highest BCUT2D eigenvalue weighted by Gasteiger charge is 2.08. The molecular weight excluding hydrogens is 304 g/mol. The van der Waals surface area contributed by atoms with Crippen molar-refractivity contribution in [2.75, 3.05) is 7.11 Å². The smallest absolute Gasteiger partial charge is 0.240 e.